The summed E-state index contributed by atoms with van der Waals surface area (Å²) < 4.78 is 9.09. The van der Waals surface area contributed by atoms with E-state index in [0.717, 1.165) is 77.2 Å². The number of benzene rings is 10. The average molecular weight is 791 g/mol. The van der Waals surface area contributed by atoms with Gasteiger partial charge >= 0.3 is 0 Å². The van der Waals surface area contributed by atoms with Gasteiger partial charge in [-0.2, -0.15) is 0 Å². The lowest BCUT2D eigenvalue weighted by atomic mass is 10.00. The van der Waals surface area contributed by atoms with E-state index in [9.17, 15) is 0 Å². The standard InChI is InChI=1S/C57H34N4O/c1-3-14-40-31-42(27-23-35(40)11-1)56-58-55(59-57(60-56)43-28-24-36-12-2-4-15-41(36)32-43)39-25-21-37(22-26-39)44-33-50(54-47-18-8-10-20-51(47)62-52(54)34-44)61-48-19-9-7-17-46(48)53-45-16-6-5-13-38(45)29-30-49(53)61/h1-34H. The minimum atomic E-state index is 0.615. The van der Waals surface area contributed by atoms with Crippen molar-refractivity contribution < 1.29 is 4.42 Å². The number of rotatable bonds is 5. The molecule has 0 spiro atoms. The highest BCUT2D eigenvalue weighted by atomic mass is 16.3. The van der Waals surface area contributed by atoms with Crippen molar-refractivity contribution in [2.24, 2.45) is 0 Å². The lowest BCUT2D eigenvalue weighted by molar-refractivity contribution is 0.669. The van der Waals surface area contributed by atoms with Crippen LogP contribution in [-0.4, -0.2) is 19.5 Å². The first kappa shape index (κ1) is 34.5. The number of fused-ring (bicyclic) bond motifs is 10. The highest BCUT2D eigenvalue weighted by molar-refractivity contribution is 6.22. The van der Waals surface area contributed by atoms with Crippen LogP contribution in [0.2, 0.25) is 0 Å². The van der Waals surface area contributed by atoms with Gasteiger partial charge in [-0.1, -0.05) is 164 Å². The van der Waals surface area contributed by atoms with Crippen LogP contribution >= 0.6 is 0 Å². The molecule has 0 unspecified atom stereocenters. The molecular weight excluding hydrogens is 757 g/mol. The van der Waals surface area contributed by atoms with E-state index in [-0.39, 0.29) is 0 Å². The summed E-state index contributed by atoms with van der Waals surface area (Å²) in [5.41, 5.74) is 9.97. The van der Waals surface area contributed by atoms with Crippen molar-refractivity contribution in [3.63, 3.8) is 0 Å². The monoisotopic (exact) mass is 790 g/mol. The first-order valence-electron chi connectivity index (χ1n) is 20.9. The summed E-state index contributed by atoms with van der Waals surface area (Å²) in [4.78, 5) is 15.3. The van der Waals surface area contributed by atoms with Crippen LogP contribution in [0, 0.1) is 0 Å². The van der Waals surface area contributed by atoms with Crippen LogP contribution in [-0.2, 0) is 0 Å². The topological polar surface area (TPSA) is 56.7 Å². The van der Waals surface area contributed by atoms with E-state index in [0.29, 0.717) is 17.5 Å². The highest BCUT2D eigenvalue weighted by Gasteiger charge is 2.21. The SMILES string of the molecule is c1ccc2cc(-c3nc(-c4ccc(-c5cc(-n6c7ccccc7c7c8ccccc8ccc76)c6c(c5)oc5ccccc56)cc4)nc(-c4ccc5ccccc5c4)n3)ccc2c1. The van der Waals surface area contributed by atoms with Crippen molar-refractivity contribution in [2.45, 2.75) is 0 Å². The fourth-order valence-corrected chi connectivity index (χ4v) is 9.41. The van der Waals surface area contributed by atoms with Crippen molar-refractivity contribution in [3.8, 4) is 51.0 Å². The molecule has 0 amide bonds. The Morgan fingerprint density at radius 3 is 1.52 bits per heavy atom. The highest BCUT2D eigenvalue weighted by Crippen LogP contribution is 2.43. The van der Waals surface area contributed by atoms with Crippen LogP contribution in [0.1, 0.15) is 0 Å². The van der Waals surface area contributed by atoms with Gasteiger partial charge in [-0.05, 0) is 85.9 Å². The summed E-state index contributed by atoms with van der Waals surface area (Å²) in [5.74, 6) is 1.88. The fourth-order valence-electron chi connectivity index (χ4n) is 9.41. The molecule has 3 aromatic heterocycles. The minimum Gasteiger partial charge on any atom is -0.456 e. The second-order valence-corrected chi connectivity index (χ2v) is 16.0. The maximum atomic E-state index is 6.66. The third-order valence-corrected chi connectivity index (χ3v) is 12.4. The molecule has 5 nitrogen and oxygen atoms in total. The van der Waals surface area contributed by atoms with E-state index in [4.69, 9.17) is 19.4 Å². The van der Waals surface area contributed by atoms with Crippen LogP contribution < -0.4 is 0 Å². The van der Waals surface area contributed by atoms with Crippen LogP contribution in [0.3, 0.4) is 0 Å². The Kier molecular flexibility index (Phi) is 7.54. The van der Waals surface area contributed by atoms with Gasteiger partial charge in [0.2, 0.25) is 0 Å². The van der Waals surface area contributed by atoms with Crippen molar-refractivity contribution >= 4 is 76.1 Å². The van der Waals surface area contributed by atoms with Crippen LogP contribution in [0.5, 0.6) is 0 Å². The van der Waals surface area contributed by atoms with E-state index in [1.165, 1.54) is 32.3 Å². The zero-order valence-corrected chi connectivity index (χ0v) is 33.3. The Labute approximate surface area is 355 Å². The van der Waals surface area contributed by atoms with Crippen LogP contribution in [0.4, 0.5) is 0 Å². The van der Waals surface area contributed by atoms with Gasteiger partial charge in [0.25, 0.3) is 0 Å². The molecule has 0 aliphatic rings. The Morgan fingerprint density at radius 2 is 0.823 bits per heavy atom. The third-order valence-electron chi connectivity index (χ3n) is 12.4. The summed E-state index contributed by atoms with van der Waals surface area (Å²) in [5, 5.41) is 11.7. The first-order chi connectivity index (χ1) is 30.7. The molecular formula is C57H34N4O. The van der Waals surface area contributed by atoms with Gasteiger partial charge in [-0.3, -0.25) is 0 Å². The molecule has 0 aliphatic carbocycles. The zero-order valence-electron chi connectivity index (χ0n) is 33.3. The van der Waals surface area contributed by atoms with Crippen LogP contribution in [0.25, 0.3) is 127 Å². The van der Waals surface area contributed by atoms with E-state index < -0.39 is 0 Å². The van der Waals surface area contributed by atoms with Gasteiger partial charge in [0, 0.05) is 32.8 Å². The number of hydrogen-bond donors (Lipinski definition) is 0. The van der Waals surface area contributed by atoms with Crippen LogP contribution in [0.15, 0.2) is 211 Å². The molecule has 0 bridgehead atoms. The fraction of sp³-hybridized carbons (Fsp3) is 0. The second kappa shape index (κ2) is 13.6. The Hall–Kier alpha value is -8.41. The number of nitrogens with zero attached hydrogens (tertiary/aromatic N) is 4. The molecule has 5 heteroatoms. The van der Waals surface area contributed by atoms with E-state index in [2.05, 4.69) is 205 Å². The Balaban J connectivity index is 0.984. The number of furan rings is 1. The second-order valence-electron chi connectivity index (χ2n) is 16.0. The smallest absolute Gasteiger partial charge is 0.164 e. The molecule has 0 radical (unpaired) electrons. The van der Waals surface area contributed by atoms with Crippen molar-refractivity contribution in [1.82, 2.24) is 19.5 Å². The first-order valence-corrected chi connectivity index (χ1v) is 20.9. The summed E-state index contributed by atoms with van der Waals surface area (Å²) in [6, 6.07) is 72.8. The molecule has 10 aromatic carbocycles. The zero-order chi connectivity index (χ0) is 40.7. The van der Waals surface area contributed by atoms with Crippen molar-refractivity contribution in [3.05, 3.63) is 206 Å². The quantitative estimate of drug-likeness (QED) is 0.174. The molecule has 0 N–H and O–H groups in total. The third kappa shape index (κ3) is 5.45. The molecule has 0 aliphatic heterocycles. The molecule has 62 heavy (non-hydrogen) atoms. The lowest BCUT2D eigenvalue weighted by Gasteiger charge is -2.13. The molecule has 13 rings (SSSR count). The van der Waals surface area contributed by atoms with E-state index in [1.807, 2.05) is 6.07 Å². The summed E-state index contributed by atoms with van der Waals surface area (Å²) in [7, 11) is 0. The largest absolute Gasteiger partial charge is 0.456 e. The maximum absolute atomic E-state index is 6.66. The number of para-hydroxylation sites is 2. The predicted molar refractivity (Wildman–Crippen MR) is 256 cm³/mol. The number of aromatic nitrogens is 4. The maximum Gasteiger partial charge on any atom is 0.164 e. The minimum absolute atomic E-state index is 0.615. The summed E-state index contributed by atoms with van der Waals surface area (Å²) in [6.45, 7) is 0. The van der Waals surface area contributed by atoms with Gasteiger partial charge in [-0.15, -0.1) is 0 Å². The molecule has 13 aromatic rings. The molecule has 3 heterocycles. The number of hydrogen-bond acceptors (Lipinski definition) is 4. The van der Waals surface area contributed by atoms with Gasteiger partial charge < -0.3 is 8.98 Å². The molecule has 288 valence electrons. The normalized spacial score (nSPS) is 11.9. The average Bonchev–Trinajstić information content (AvgIpc) is 3.89. The summed E-state index contributed by atoms with van der Waals surface area (Å²) in [6.07, 6.45) is 0. The lowest BCUT2D eigenvalue weighted by Crippen LogP contribution is -2.00. The molecule has 0 atom stereocenters. The Bertz CT molecular complexity index is 3840. The van der Waals surface area contributed by atoms with Gasteiger partial charge in [0.15, 0.2) is 17.5 Å². The van der Waals surface area contributed by atoms with Gasteiger partial charge in [0.05, 0.1) is 22.1 Å². The Morgan fingerprint density at radius 1 is 0.306 bits per heavy atom. The summed E-state index contributed by atoms with van der Waals surface area (Å²) >= 11 is 0. The van der Waals surface area contributed by atoms with Crippen molar-refractivity contribution in [1.29, 1.82) is 0 Å². The molecule has 0 saturated heterocycles. The molecule has 0 saturated carbocycles. The van der Waals surface area contributed by atoms with Crippen molar-refractivity contribution in [2.75, 3.05) is 0 Å². The molecule has 0 fully saturated rings. The van der Waals surface area contributed by atoms with Gasteiger partial charge in [0.1, 0.15) is 11.2 Å². The van der Waals surface area contributed by atoms with Gasteiger partial charge in [-0.25, -0.2) is 15.0 Å². The van der Waals surface area contributed by atoms with E-state index in [1.54, 1.807) is 0 Å². The van der Waals surface area contributed by atoms with E-state index >= 15 is 0 Å². The predicted octanol–water partition coefficient (Wildman–Crippen LogP) is 15.0.